The van der Waals surface area contributed by atoms with Gasteiger partial charge >= 0.3 is 0 Å². The van der Waals surface area contributed by atoms with E-state index < -0.39 is 0 Å². The van der Waals surface area contributed by atoms with Crippen molar-refractivity contribution in [1.29, 1.82) is 0 Å². The molecular weight excluding hydrogens is 330 g/mol. The smallest absolute Gasteiger partial charge is 0.0443 e. The Morgan fingerprint density at radius 2 is 1.79 bits per heavy atom. The monoisotopic (exact) mass is 369 g/mol. The maximum absolute atomic E-state index is 3.90. The molecule has 1 N–H and O–H groups in total. The molecule has 1 nitrogen and oxygen atoms in total. The van der Waals surface area contributed by atoms with Crippen LogP contribution in [0.2, 0.25) is 0 Å². The summed E-state index contributed by atoms with van der Waals surface area (Å²) < 4.78 is 0. The van der Waals surface area contributed by atoms with Crippen LogP contribution in [0.15, 0.2) is 17.5 Å². The Bertz CT molecular complexity index is 367. The van der Waals surface area contributed by atoms with E-state index in [0.29, 0.717) is 6.04 Å². The Labute approximate surface area is 159 Å². The van der Waals surface area contributed by atoms with E-state index in [9.17, 15) is 0 Å². The van der Waals surface area contributed by atoms with Crippen molar-refractivity contribution in [1.82, 2.24) is 5.32 Å². The van der Waals surface area contributed by atoms with Crippen molar-refractivity contribution >= 4 is 23.1 Å². The third kappa shape index (κ3) is 8.92. The summed E-state index contributed by atoms with van der Waals surface area (Å²) in [5, 5.41) is 6.14. The summed E-state index contributed by atoms with van der Waals surface area (Å²) in [5.74, 6) is 4.18. The molecule has 0 aromatic carbocycles. The van der Waals surface area contributed by atoms with Crippen LogP contribution in [0.4, 0.5) is 0 Å². The van der Waals surface area contributed by atoms with E-state index in [1.54, 1.807) is 4.88 Å². The first-order chi connectivity index (χ1) is 11.8. The zero-order chi connectivity index (χ0) is 17.6. The molecule has 1 heterocycles. The van der Waals surface area contributed by atoms with Gasteiger partial charge < -0.3 is 5.32 Å². The molecule has 0 amide bonds. The highest BCUT2D eigenvalue weighted by Crippen LogP contribution is 2.34. The van der Waals surface area contributed by atoms with E-state index in [1.165, 1.54) is 56.5 Å². The third-order valence-corrected chi connectivity index (χ3v) is 6.88. The highest BCUT2D eigenvalue weighted by molar-refractivity contribution is 7.99. The van der Waals surface area contributed by atoms with Crippen molar-refractivity contribution in [3.8, 4) is 0 Å². The number of hydrogen-bond donors (Lipinski definition) is 1. The molecule has 24 heavy (non-hydrogen) atoms. The van der Waals surface area contributed by atoms with E-state index in [0.717, 1.165) is 18.4 Å². The van der Waals surface area contributed by atoms with Gasteiger partial charge in [-0.05, 0) is 41.9 Å². The number of thioether (sulfide) groups is 1. The van der Waals surface area contributed by atoms with Gasteiger partial charge in [-0.1, -0.05) is 65.9 Å². The summed E-state index contributed by atoms with van der Waals surface area (Å²) in [6.07, 6.45) is 10.0. The molecule has 0 radical (unpaired) electrons. The molecule has 1 aromatic heterocycles. The Morgan fingerprint density at radius 1 is 1.12 bits per heavy atom. The summed E-state index contributed by atoms with van der Waals surface area (Å²) in [5.41, 5.74) is 0. The summed E-state index contributed by atoms with van der Waals surface area (Å²) >= 11 is 4.03. The molecule has 3 heteroatoms. The summed E-state index contributed by atoms with van der Waals surface area (Å²) in [6.45, 7) is 9.77. The van der Waals surface area contributed by atoms with Gasteiger partial charge in [0.1, 0.15) is 0 Å². The second kappa shape index (κ2) is 14.2. The van der Waals surface area contributed by atoms with E-state index in [2.05, 4.69) is 48.4 Å². The van der Waals surface area contributed by atoms with E-state index in [1.807, 2.05) is 25.2 Å². The molecule has 0 bridgehead atoms. The minimum Gasteiger partial charge on any atom is -0.308 e. The number of thiophene rings is 1. The number of nitrogens with one attached hydrogen (secondary N) is 1. The second-order valence-corrected chi connectivity index (χ2v) is 9.15. The van der Waals surface area contributed by atoms with Crippen molar-refractivity contribution in [2.24, 2.45) is 11.8 Å². The quantitative estimate of drug-likeness (QED) is 0.488. The molecule has 1 aliphatic carbocycles. The van der Waals surface area contributed by atoms with Crippen LogP contribution in [0.1, 0.15) is 83.6 Å². The van der Waals surface area contributed by atoms with Crippen LogP contribution < -0.4 is 5.32 Å². The average Bonchev–Trinajstić information content (AvgIpc) is 3.07. The predicted molar refractivity (Wildman–Crippen MR) is 114 cm³/mol. The first kappa shape index (κ1) is 22.1. The van der Waals surface area contributed by atoms with Gasteiger partial charge in [-0.15, -0.1) is 11.3 Å². The van der Waals surface area contributed by atoms with Crippen LogP contribution in [0.5, 0.6) is 0 Å². The third-order valence-electron chi connectivity index (χ3n) is 4.53. The van der Waals surface area contributed by atoms with Gasteiger partial charge in [-0.25, -0.2) is 0 Å². The highest BCUT2D eigenvalue weighted by Gasteiger charge is 2.23. The molecule has 1 aromatic rings. The fraction of sp³-hybridized carbons (Fsp3) is 0.810. The Morgan fingerprint density at radius 3 is 2.38 bits per heavy atom. The van der Waals surface area contributed by atoms with Gasteiger partial charge in [-0.3, -0.25) is 0 Å². The van der Waals surface area contributed by atoms with E-state index in [-0.39, 0.29) is 0 Å². The normalized spacial score (nSPS) is 17.7. The zero-order valence-corrected chi connectivity index (χ0v) is 18.0. The zero-order valence-electron chi connectivity index (χ0n) is 16.4. The molecule has 1 unspecified atom stereocenters. The number of rotatable bonds is 8. The average molecular weight is 370 g/mol. The fourth-order valence-corrected chi connectivity index (χ4v) is 5.19. The van der Waals surface area contributed by atoms with E-state index in [4.69, 9.17) is 0 Å². The van der Waals surface area contributed by atoms with Crippen molar-refractivity contribution in [2.75, 3.05) is 18.1 Å². The van der Waals surface area contributed by atoms with Crippen LogP contribution in [-0.2, 0) is 0 Å². The van der Waals surface area contributed by atoms with Crippen molar-refractivity contribution in [3.05, 3.63) is 22.4 Å². The molecule has 2 rings (SSSR count). The lowest BCUT2D eigenvalue weighted by Crippen LogP contribution is -2.30. The molecule has 0 spiro atoms. The largest absolute Gasteiger partial charge is 0.308 e. The predicted octanol–water partition coefficient (Wildman–Crippen LogP) is 7.15. The van der Waals surface area contributed by atoms with Gasteiger partial charge in [-0.2, -0.15) is 11.8 Å². The van der Waals surface area contributed by atoms with Crippen LogP contribution in [0.25, 0.3) is 0 Å². The first-order valence-electron chi connectivity index (χ1n) is 10.1. The standard InChI is InChI=1S/C19H33NS2.C2H6/c1-16(2)15-21-14-12-20-19(18-11-8-13-22-18)17-9-6-4-3-5-7-10-17;1-2/h8,11,13,16-17,19-20H,3-7,9-10,12,14-15H2,1-2H3;1-2H3. The lowest BCUT2D eigenvalue weighted by Gasteiger charge is -2.29. The Hall–Kier alpha value is 0.01000. The summed E-state index contributed by atoms with van der Waals surface area (Å²) in [7, 11) is 0. The minimum atomic E-state index is 0.595. The van der Waals surface area contributed by atoms with Crippen LogP contribution in [0, 0.1) is 11.8 Å². The van der Waals surface area contributed by atoms with Crippen molar-refractivity contribution in [2.45, 2.75) is 78.7 Å². The highest BCUT2D eigenvalue weighted by atomic mass is 32.2. The molecule has 0 saturated heterocycles. The van der Waals surface area contributed by atoms with Crippen LogP contribution >= 0.6 is 23.1 Å². The van der Waals surface area contributed by atoms with Gasteiger partial charge in [0.2, 0.25) is 0 Å². The molecule has 1 aliphatic rings. The molecule has 1 fully saturated rings. The topological polar surface area (TPSA) is 12.0 Å². The van der Waals surface area contributed by atoms with Crippen LogP contribution in [0.3, 0.4) is 0 Å². The second-order valence-electron chi connectivity index (χ2n) is 7.02. The van der Waals surface area contributed by atoms with E-state index >= 15 is 0 Å². The lowest BCUT2D eigenvalue weighted by atomic mass is 9.85. The Balaban J connectivity index is 0.00000139. The first-order valence-corrected chi connectivity index (χ1v) is 12.2. The maximum Gasteiger partial charge on any atom is 0.0443 e. The SMILES string of the molecule is CC.CC(C)CSCCNC(c1cccs1)C1CCCCCCC1. The molecule has 1 atom stereocenters. The van der Waals surface area contributed by atoms with Gasteiger partial charge in [0, 0.05) is 23.2 Å². The number of hydrogen-bond acceptors (Lipinski definition) is 3. The van der Waals surface area contributed by atoms with Crippen molar-refractivity contribution < 1.29 is 0 Å². The van der Waals surface area contributed by atoms with Gasteiger partial charge in [0.15, 0.2) is 0 Å². The summed E-state index contributed by atoms with van der Waals surface area (Å²) in [4.78, 5) is 1.56. The Kier molecular flexibility index (Phi) is 13.1. The summed E-state index contributed by atoms with van der Waals surface area (Å²) in [6, 6.07) is 5.14. The van der Waals surface area contributed by atoms with Crippen molar-refractivity contribution in [3.63, 3.8) is 0 Å². The lowest BCUT2D eigenvalue weighted by molar-refractivity contribution is 0.295. The van der Waals surface area contributed by atoms with Gasteiger partial charge in [0.25, 0.3) is 0 Å². The molecule has 1 saturated carbocycles. The van der Waals surface area contributed by atoms with Gasteiger partial charge in [0.05, 0.1) is 0 Å². The molecule has 0 aliphatic heterocycles. The maximum atomic E-state index is 3.90. The molecular formula is C21H39NS2. The molecule has 140 valence electrons. The minimum absolute atomic E-state index is 0.595. The fourth-order valence-electron chi connectivity index (χ4n) is 3.39. The van der Waals surface area contributed by atoms with Crippen LogP contribution in [-0.4, -0.2) is 18.1 Å².